The second kappa shape index (κ2) is 12.0. The number of aliphatic imine (C=N–C) groups is 1. The number of aliphatic hydroxyl groups is 1. The Morgan fingerprint density at radius 1 is 1.26 bits per heavy atom. The first-order chi connectivity index (χ1) is 10.5. The van der Waals surface area contributed by atoms with Crippen LogP contribution in [-0.4, -0.2) is 34.7 Å². The van der Waals surface area contributed by atoms with Crippen LogP contribution in [0.1, 0.15) is 56.3 Å². The van der Waals surface area contributed by atoms with Crippen LogP contribution in [0.2, 0.25) is 0 Å². The Hall–Kier alpha value is -0.410. The Bertz CT molecular complexity index is 459. The van der Waals surface area contributed by atoms with Gasteiger partial charge in [0, 0.05) is 24.2 Å². The average Bonchev–Trinajstić information content (AvgIpc) is 2.88. The van der Waals surface area contributed by atoms with Gasteiger partial charge in [0.2, 0.25) is 0 Å². The molecule has 1 heterocycles. The van der Waals surface area contributed by atoms with Gasteiger partial charge in [0.1, 0.15) is 0 Å². The number of nitrogens with zero attached hydrogens (tertiary/aromatic N) is 2. The Morgan fingerprint density at radius 2 is 1.91 bits per heavy atom. The number of hydrogen-bond acceptors (Lipinski definition) is 4. The van der Waals surface area contributed by atoms with Crippen LogP contribution in [0.25, 0.3) is 0 Å². The maximum atomic E-state index is 10.7. The highest BCUT2D eigenvalue weighted by molar-refractivity contribution is 14.0. The van der Waals surface area contributed by atoms with E-state index in [1.807, 2.05) is 20.0 Å². The van der Waals surface area contributed by atoms with Crippen LogP contribution in [-0.2, 0) is 6.54 Å². The molecule has 1 aromatic heterocycles. The van der Waals surface area contributed by atoms with E-state index < -0.39 is 5.60 Å². The van der Waals surface area contributed by atoms with E-state index in [-0.39, 0.29) is 24.0 Å². The van der Waals surface area contributed by atoms with Crippen LogP contribution in [0.3, 0.4) is 0 Å². The van der Waals surface area contributed by atoms with Gasteiger partial charge in [-0.1, -0.05) is 26.7 Å². The maximum Gasteiger partial charge on any atom is 0.191 e. The van der Waals surface area contributed by atoms with Crippen molar-refractivity contribution in [2.24, 2.45) is 4.99 Å². The van der Waals surface area contributed by atoms with Crippen molar-refractivity contribution in [2.75, 3.05) is 13.1 Å². The fourth-order valence-corrected chi connectivity index (χ4v) is 3.18. The molecule has 0 atom stereocenters. The van der Waals surface area contributed by atoms with Gasteiger partial charge in [-0.2, -0.15) is 0 Å². The van der Waals surface area contributed by atoms with Crippen molar-refractivity contribution in [3.8, 4) is 0 Å². The minimum absolute atomic E-state index is 0. The summed E-state index contributed by atoms with van der Waals surface area (Å²) in [4.78, 5) is 9.96. The van der Waals surface area contributed by atoms with E-state index in [0.717, 1.165) is 48.1 Å². The van der Waals surface area contributed by atoms with Crippen LogP contribution < -0.4 is 10.6 Å². The average molecular weight is 454 g/mol. The lowest BCUT2D eigenvalue weighted by molar-refractivity contribution is 0.0257. The fraction of sp³-hybridized carbons (Fsp3) is 0.750. The summed E-state index contributed by atoms with van der Waals surface area (Å²) < 4.78 is 0. The summed E-state index contributed by atoms with van der Waals surface area (Å²) in [6, 6.07) is 0. The molecule has 0 aliphatic rings. The van der Waals surface area contributed by atoms with E-state index in [1.54, 1.807) is 11.3 Å². The number of guanidine groups is 1. The van der Waals surface area contributed by atoms with Gasteiger partial charge in [-0.3, -0.25) is 0 Å². The van der Waals surface area contributed by atoms with E-state index in [1.165, 1.54) is 0 Å². The summed E-state index contributed by atoms with van der Waals surface area (Å²) in [6.07, 6.45) is 5.44. The summed E-state index contributed by atoms with van der Waals surface area (Å²) in [5, 5.41) is 18.2. The molecule has 3 N–H and O–H groups in total. The summed E-state index contributed by atoms with van der Waals surface area (Å²) in [6.45, 7) is 10.2. The molecule has 0 aliphatic heterocycles. The Labute approximate surface area is 161 Å². The normalized spacial score (nSPS) is 12.0. The zero-order valence-electron chi connectivity index (χ0n) is 14.7. The molecule has 0 radical (unpaired) electrons. The number of rotatable bonds is 9. The van der Waals surface area contributed by atoms with Crippen LogP contribution in [0.4, 0.5) is 0 Å². The molecule has 0 saturated heterocycles. The van der Waals surface area contributed by atoms with Crippen molar-refractivity contribution < 1.29 is 5.11 Å². The van der Waals surface area contributed by atoms with Gasteiger partial charge in [-0.05, 0) is 26.7 Å². The first kappa shape index (κ1) is 22.6. The third-order valence-corrected chi connectivity index (χ3v) is 4.32. The van der Waals surface area contributed by atoms with Gasteiger partial charge in [0.15, 0.2) is 5.96 Å². The van der Waals surface area contributed by atoms with Crippen molar-refractivity contribution in [2.45, 2.75) is 65.5 Å². The molecule has 23 heavy (non-hydrogen) atoms. The van der Waals surface area contributed by atoms with E-state index in [0.29, 0.717) is 13.1 Å². The third-order valence-electron chi connectivity index (χ3n) is 3.42. The van der Waals surface area contributed by atoms with Gasteiger partial charge in [-0.15, -0.1) is 35.3 Å². The third kappa shape index (κ3) is 8.85. The highest BCUT2D eigenvalue weighted by atomic mass is 127. The summed E-state index contributed by atoms with van der Waals surface area (Å²) in [7, 11) is 0. The lowest BCUT2D eigenvalue weighted by Gasteiger charge is -2.28. The fourth-order valence-electron chi connectivity index (χ4n) is 2.46. The Morgan fingerprint density at radius 3 is 2.39 bits per heavy atom. The van der Waals surface area contributed by atoms with Crippen molar-refractivity contribution in [1.82, 2.24) is 15.6 Å². The van der Waals surface area contributed by atoms with Crippen LogP contribution in [0.5, 0.6) is 0 Å². The molecule has 7 heteroatoms. The number of thiazole rings is 1. The minimum Gasteiger partial charge on any atom is -0.388 e. The molecular formula is C16H31IN4OS. The minimum atomic E-state index is -0.652. The zero-order chi connectivity index (χ0) is 16.4. The molecule has 1 rings (SSSR count). The Balaban J connectivity index is 0.00000484. The quantitative estimate of drug-likeness (QED) is 0.304. The Kier molecular flexibility index (Phi) is 11.8. The monoisotopic (exact) mass is 454 g/mol. The molecule has 0 spiro atoms. The molecular weight excluding hydrogens is 423 g/mol. The van der Waals surface area contributed by atoms with Crippen LogP contribution in [0, 0.1) is 6.92 Å². The number of nitrogens with one attached hydrogen (secondary N) is 2. The highest BCUT2D eigenvalue weighted by Crippen LogP contribution is 2.18. The lowest BCUT2D eigenvalue weighted by atomic mass is 9.93. The van der Waals surface area contributed by atoms with Gasteiger partial charge in [0.05, 0.1) is 17.2 Å². The molecule has 0 fully saturated rings. The predicted octanol–water partition coefficient (Wildman–Crippen LogP) is 3.46. The van der Waals surface area contributed by atoms with Crippen molar-refractivity contribution in [3.63, 3.8) is 0 Å². The molecule has 5 nitrogen and oxygen atoms in total. The molecule has 1 aromatic rings. The standard InChI is InChI=1S/C16H30N4OS.HI/c1-5-8-16(21,9-6-2)12-20-15(17-7-3)19-11-14-10-18-13(4)22-14;/h10,21H,5-9,11-12H2,1-4H3,(H2,17,19,20);1H. The van der Waals surface area contributed by atoms with Gasteiger partial charge in [0.25, 0.3) is 0 Å². The van der Waals surface area contributed by atoms with Gasteiger partial charge >= 0.3 is 0 Å². The molecule has 134 valence electrons. The van der Waals surface area contributed by atoms with E-state index in [2.05, 4.69) is 34.5 Å². The smallest absolute Gasteiger partial charge is 0.191 e. The van der Waals surface area contributed by atoms with E-state index in [9.17, 15) is 5.11 Å². The summed E-state index contributed by atoms with van der Waals surface area (Å²) >= 11 is 1.66. The lowest BCUT2D eigenvalue weighted by Crippen LogP contribution is -2.47. The van der Waals surface area contributed by atoms with Crippen LogP contribution in [0.15, 0.2) is 11.2 Å². The van der Waals surface area contributed by atoms with Crippen molar-refractivity contribution in [3.05, 3.63) is 16.1 Å². The summed E-state index contributed by atoms with van der Waals surface area (Å²) in [5.41, 5.74) is -0.652. The number of aryl methyl sites for hydroxylation is 1. The van der Waals surface area contributed by atoms with Gasteiger partial charge in [-0.25, -0.2) is 9.98 Å². The molecule has 0 amide bonds. The van der Waals surface area contributed by atoms with E-state index in [4.69, 9.17) is 0 Å². The molecule has 0 unspecified atom stereocenters. The first-order valence-electron chi connectivity index (χ1n) is 8.18. The molecule has 0 saturated carbocycles. The zero-order valence-corrected chi connectivity index (χ0v) is 17.8. The SMILES string of the molecule is CCCC(O)(CCC)CNC(=NCc1cnc(C)s1)NCC.I. The molecule has 0 aliphatic carbocycles. The van der Waals surface area contributed by atoms with Gasteiger partial charge < -0.3 is 15.7 Å². The highest BCUT2D eigenvalue weighted by Gasteiger charge is 2.24. The van der Waals surface area contributed by atoms with Crippen molar-refractivity contribution in [1.29, 1.82) is 0 Å². The number of halogens is 1. The second-order valence-corrected chi connectivity index (χ2v) is 6.94. The molecule has 0 bridgehead atoms. The second-order valence-electron chi connectivity index (χ2n) is 5.62. The predicted molar refractivity (Wildman–Crippen MR) is 110 cm³/mol. The number of aromatic nitrogens is 1. The topological polar surface area (TPSA) is 69.5 Å². The molecule has 0 aromatic carbocycles. The summed E-state index contributed by atoms with van der Waals surface area (Å²) in [5.74, 6) is 0.749. The number of hydrogen-bond donors (Lipinski definition) is 3. The van der Waals surface area contributed by atoms with Crippen LogP contribution >= 0.6 is 35.3 Å². The largest absolute Gasteiger partial charge is 0.388 e. The van der Waals surface area contributed by atoms with E-state index >= 15 is 0 Å². The maximum absolute atomic E-state index is 10.7. The first-order valence-corrected chi connectivity index (χ1v) is 9.00. The van der Waals surface area contributed by atoms with Crippen molar-refractivity contribution >= 4 is 41.3 Å².